The van der Waals surface area contributed by atoms with Crippen molar-refractivity contribution in [2.45, 2.75) is 13.1 Å². The fraction of sp³-hybridized carbons (Fsp3) is 0.0769. The topological polar surface area (TPSA) is 41.6 Å². The van der Waals surface area contributed by atoms with Gasteiger partial charge in [0, 0.05) is 34.4 Å². The molecule has 156 valence electrons. The van der Waals surface area contributed by atoms with E-state index in [2.05, 4.69) is 11.1 Å². The van der Waals surface area contributed by atoms with E-state index in [-0.39, 0.29) is 0 Å². The number of alkyl halides is 3. The summed E-state index contributed by atoms with van der Waals surface area (Å²) in [6.45, 7) is 1.86. The first-order chi connectivity index (χ1) is 15.4. The number of rotatable bonds is 2. The zero-order valence-electron chi connectivity index (χ0n) is 17.0. The van der Waals surface area contributed by atoms with Gasteiger partial charge in [0.15, 0.2) is 0 Å². The van der Waals surface area contributed by atoms with Gasteiger partial charge in [0.2, 0.25) is 0 Å². The Kier molecular flexibility index (Phi) is 4.49. The molecule has 0 radical (unpaired) electrons. The van der Waals surface area contributed by atoms with Gasteiger partial charge in [-0.25, -0.2) is 0 Å². The number of aromatic nitrogens is 2. The van der Waals surface area contributed by atoms with E-state index in [1.54, 1.807) is 18.5 Å². The van der Waals surface area contributed by atoms with E-state index >= 15 is 0 Å². The Balaban J connectivity index is 1.89. The number of fused-ring (bicyclic) bond motifs is 3. The normalized spacial score (nSPS) is 11.7. The van der Waals surface area contributed by atoms with Crippen LogP contribution < -0.4 is 0 Å². The van der Waals surface area contributed by atoms with Gasteiger partial charge in [-0.05, 0) is 60.5 Å². The molecule has 0 aliphatic rings. The van der Waals surface area contributed by atoms with Crippen molar-refractivity contribution in [3.8, 4) is 22.9 Å². The molecule has 3 nitrogen and oxygen atoms in total. The Morgan fingerprint density at radius 3 is 2.31 bits per heavy atom. The average molecular weight is 427 g/mol. The molecule has 3 aromatic carbocycles. The first kappa shape index (κ1) is 19.8. The highest BCUT2D eigenvalue weighted by Crippen LogP contribution is 2.38. The largest absolute Gasteiger partial charge is 0.416 e. The second-order valence-corrected chi connectivity index (χ2v) is 7.61. The quantitative estimate of drug-likeness (QED) is 0.303. The summed E-state index contributed by atoms with van der Waals surface area (Å²) in [5.41, 5.74) is 4.09. The molecule has 5 aromatic rings. The number of para-hydroxylation sites is 1. The second-order valence-electron chi connectivity index (χ2n) is 7.61. The molecular formula is C26H16F3N3. The van der Waals surface area contributed by atoms with Crippen molar-refractivity contribution in [2.24, 2.45) is 0 Å². The first-order valence-corrected chi connectivity index (χ1v) is 9.94. The maximum absolute atomic E-state index is 13.5. The highest BCUT2D eigenvalue weighted by molar-refractivity contribution is 6.09. The molecule has 0 saturated heterocycles. The first-order valence-electron chi connectivity index (χ1n) is 9.94. The highest BCUT2D eigenvalue weighted by atomic mass is 19.4. The van der Waals surface area contributed by atoms with Crippen molar-refractivity contribution in [2.75, 3.05) is 0 Å². The molecule has 0 aliphatic carbocycles. The number of aryl methyl sites for hydroxylation is 1. The molecule has 0 fully saturated rings. The summed E-state index contributed by atoms with van der Waals surface area (Å²) in [5.74, 6) is 0. The monoisotopic (exact) mass is 427 g/mol. The number of benzene rings is 3. The Morgan fingerprint density at radius 2 is 1.59 bits per heavy atom. The van der Waals surface area contributed by atoms with Gasteiger partial charge in [-0.15, -0.1) is 0 Å². The maximum Gasteiger partial charge on any atom is 0.416 e. The van der Waals surface area contributed by atoms with Gasteiger partial charge >= 0.3 is 6.18 Å². The maximum atomic E-state index is 13.5. The summed E-state index contributed by atoms with van der Waals surface area (Å²) in [4.78, 5) is 4.04. The minimum atomic E-state index is -4.45. The van der Waals surface area contributed by atoms with Crippen molar-refractivity contribution < 1.29 is 13.2 Å². The molecule has 0 N–H and O–H groups in total. The van der Waals surface area contributed by atoms with Crippen LogP contribution in [0.4, 0.5) is 13.2 Å². The third-order valence-electron chi connectivity index (χ3n) is 5.69. The molecule has 0 unspecified atom stereocenters. The Morgan fingerprint density at radius 1 is 0.875 bits per heavy atom. The third-order valence-corrected chi connectivity index (χ3v) is 5.69. The summed E-state index contributed by atoms with van der Waals surface area (Å²) in [7, 11) is 0. The van der Waals surface area contributed by atoms with Crippen LogP contribution in [0.5, 0.6) is 0 Å². The lowest BCUT2D eigenvalue weighted by Gasteiger charge is -2.15. The zero-order chi connectivity index (χ0) is 22.5. The third kappa shape index (κ3) is 3.10. The van der Waals surface area contributed by atoms with Crippen molar-refractivity contribution in [3.63, 3.8) is 0 Å². The van der Waals surface area contributed by atoms with Gasteiger partial charge in [-0.2, -0.15) is 18.4 Å². The molecule has 2 aromatic heterocycles. The van der Waals surface area contributed by atoms with Crippen molar-refractivity contribution in [3.05, 3.63) is 95.8 Å². The zero-order valence-corrected chi connectivity index (χ0v) is 17.0. The van der Waals surface area contributed by atoms with E-state index in [1.165, 1.54) is 12.1 Å². The Hall–Kier alpha value is -4.11. The molecule has 32 heavy (non-hydrogen) atoms. The molecule has 0 saturated carbocycles. The molecule has 2 heterocycles. The summed E-state index contributed by atoms with van der Waals surface area (Å²) < 4.78 is 42.4. The fourth-order valence-electron chi connectivity index (χ4n) is 4.21. The van der Waals surface area contributed by atoms with Crippen LogP contribution in [0.2, 0.25) is 0 Å². The molecule has 0 spiro atoms. The average Bonchev–Trinajstić information content (AvgIpc) is 3.12. The van der Waals surface area contributed by atoms with Crippen LogP contribution >= 0.6 is 0 Å². The van der Waals surface area contributed by atoms with Crippen LogP contribution in [0, 0.1) is 18.3 Å². The number of hydrogen-bond donors (Lipinski definition) is 0. The molecular weight excluding hydrogens is 411 g/mol. The summed E-state index contributed by atoms with van der Waals surface area (Å²) in [5, 5.41) is 11.3. The van der Waals surface area contributed by atoms with E-state index in [4.69, 9.17) is 0 Å². The van der Waals surface area contributed by atoms with Crippen LogP contribution in [0.15, 0.2) is 79.1 Å². The summed E-state index contributed by atoms with van der Waals surface area (Å²) >= 11 is 0. The van der Waals surface area contributed by atoms with Gasteiger partial charge in [-0.1, -0.05) is 24.3 Å². The Labute approximate surface area is 182 Å². The SMILES string of the molecule is Cc1cc(C#N)c(-c2ccncc2)cc1-n1c2ccccc2c2ccc(C(F)(F)F)cc21. The van der Waals surface area contributed by atoms with Crippen molar-refractivity contribution in [1.29, 1.82) is 5.26 Å². The van der Waals surface area contributed by atoms with E-state index in [0.29, 0.717) is 16.6 Å². The predicted octanol–water partition coefficient (Wildman–Crippen LogP) is 7.04. The number of hydrogen-bond acceptors (Lipinski definition) is 2. The van der Waals surface area contributed by atoms with Crippen LogP contribution in [-0.4, -0.2) is 9.55 Å². The van der Waals surface area contributed by atoms with Gasteiger partial charge in [0.1, 0.15) is 0 Å². The van der Waals surface area contributed by atoms with E-state index in [0.717, 1.165) is 39.2 Å². The van der Waals surface area contributed by atoms with E-state index in [1.807, 2.05) is 54.0 Å². The molecule has 6 heteroatoms. The number of pyridine rings is 1. The van der Waals surface area contributed by atoms with Crippen LogP contribution in [-0.2, 0) is 6.18 Å². The van der Waals surface area contributed by atoms with Crippen molar-refractivity contribution >= 4 is 21.8 Å². The standard InChI is InChI=1S/C26H16F3N3/c1-16-12-18(15-30)22(17-8-10-31-11-9-17)14-24(16)32-23-5-3-2-4-20(23)21-7-6-19(13-25(21)32)26(27,28)29/h2-14H,1H3. The van der Waals surface area contributed by atoms with Crippen LogP contribution in [0.25, 0.3) is 38.6 Å². The lowest BCUT2D eigenvalue weighted by molar-refractivity contribution is -0.137. The van der Waals surface area contributed by atoms with Crippen molar-refractivity contribution in [1.82, 2.24) is 9.55 Å². The number of halogens is 3. The Bertz CT molecular complexity index is 1520. The van der Waals surface area contributed by atoms with E-state index < -0.39 is 11.7 Å². The molecule has 0 amide bonds. The van der Waals surface area contributed by atoms with Gasteiger partial charge in [0.05, 0.1) is 28.2 Å². The number of nitriles is 1. The summed E-state index contributed by atoms with van der Waals surface area (Å²) in [6, 6.07) is 20.9. The highest BCUT2D eigenvalue weighted by Gasteiger charge is 2.31. The van der Waals surface area contributed by atoms with Crippen LogP contribution in [0.1, 0.15) is 16.7 Å². The fourth-order valence-corrected chi connectivity index (χ4v) is 4.21. The molecule has 5 rings (SSSR count). The lowest BCUT2D eigenvalue weighted by atomic mass is 9.97. The minimum Gasteiger partial charge on any atom is -0.309 e. The molecule has 0 aliphatic heterocycles. The van der Waals surface area contributed by atoms with Gasteiger partial charge in [0.25, 0.3) is 0 Å². The molecule has 0 atom stereocenters. The summed E-state index contributed by atoms with van der Waals surface area (Å²) in [6.07, 6.45) is -1.16. The molecule has 0 bridgehead atoms. The second kappa shape index (κ2) is 7.24. The smallest absolute Gasteiger partial charge is 0.309 e. The lowest BCUT2D eigenvalue weighted by Crippen LogP contribution is -2.05. The van der Waals surface area contributed by atoms with Crippen LogP contribution in [0.3, 0.4) is 0 Å². The number of nitrogens with zero attached hydrogens (tertiary/aromatic N) is 3. The van der Waals surface area contributed by atoms with Gasteiger partial charge in [-0.3, -0.25) is 4.98 Å². The minimum absolute atomic E-state index is 0.467. The van der Waals surface area contributed by atoms with E-state index in [9.17, 15) is 18.4 Å². The predicted molar refractivity (Wildman–Crippen MR) is 118 cm³/mol. The van der Waals surface area contributed by atoms with Gasteiger partial charge < -0.3 is 4.57 Å².